The summed E-state index contributed by atoms with van der Waals surface area (Å²) < 4.78 is 0. The third-order valence-electron chi connectivity index (χ3n) is 5.20. The van der Waals surface area contributed by atoms with E-state index in [1.54, 1.807) is 0 Å². The Kier molecular flexibility index (Phi) is 9.80. The number of nitrogens with zero attached hydrogens (tertiary/aromatic N) is 1. The molecule has 2 aliphatic heterocycles. The van der Waals surface area contributed by atoms with E-state index in [4.69, 9.17) is 0 Å². The highest BCUT2D eigenvalue weighted by molar-refractivity contribution is 5.85. The predicted molar refractivity (Wildman–Crippen MR) is 108 cm³/mol. The fourth-order valence-corrected chi connectivity index (χ4v) is 3.85. The van der Waals surface area contributed by atoms with Gasteiger partial charge in [0.15, 0.2) is 0 Å². The zero-order valence-corrected chi connectivity index (χ0v) is 16.6. The van der Waals surface area contributed by atoms with Gasteiger partial charge in [-0.15, -0.1) is 24.8 Å². The van der Waals surface area contributed by atoms with Crippen LogP contribution in [0.1, 0.15) is 44.6 Å². The molecule has 1 aromatic carbocycles. The number of carbonyl (C=O) groups excluding carboxylic acids is 1. The molecule has 3 rings (SSSR count). The second-order valence-electron chi connectivity index (χ2n) is 7.09. The third kappa shape index (κ3) is 6.78. The number of hydrogen-bond acceptors (Lipinski definition) is 3. The van der Waals surface area contributed by atoms with Crippen molar-refractivity contribution < 1.29 is 4.79 Å². The number of benzene rings is 1. The minimum atomic E-state index is 0. The first-order chi connectivity index (χ1) is 11.2. The highest BCUT2D eigenvalue weighted by atomic mass is 35.5. The Hall–Kier alpha value is -0.810. The van der Waals surface area contributed by atoms with Crippen LogP contribution in [-0.4, -0.2) is 42.0 Å². The number of likely N-dealkylation sites (tertiary alicyclic amines) is 1. The lowest BCUT2D eigenvalue weighted by Gasteiger charge is -2.38. The summed E-state index contributed by atoms with van der Waals surface area (Å²) in [6.07, 6.45) is 5.09. The average Bonchev–Trinajstić information content (AvgIpc) is 3.04. The third-order valence-corrected chi connectivity index (χ3v) is 5.20. The van der Waals surface area contributed by atoms with Gasteiger partial charge < -0.3 is 10.6 Å². The molecule has 1 amide bonds. The van der Waals surface area contributed by atoms with Crippen LogP contribution in [0.3, 0.4) is 0 Å². The number of halogens is 2. The van der Waals surface area contributed by atoms with Crippen molar-refractivity contribution in [2.75, 3.05) is 13.1 Å². The van der Waals surface area contributed by atoms with E-state index < -0.39 is 0 Å². The summed E-state index contributed by atoms with van der Waals surface area (Å²) in [5, 5.41) is 6.65. The largest absolute Gasteiger partial charge is 0.353 e. The summed E-state index contributed by atoms with van der Waals surface area (Å²) in [7, 11) is 0. The molecule has 1 aromatic rings. The summed E-state index contributed by atoms with van der Waals surface area (Å²) in [5.74, 6) is 0.220. The molecule has 0 spiro atoms. The van der Waals surface area contributed by atoms with Crippen molar-refractivity contribution in [3.8, 4) is 0 Å². The highest BCUT2D eigenvalue weighted by Crippen LogP contribution is 2.20. The molecule has 0 bridgehead atoms. The Labute approximate surface area is 163 Å². The van der Waals surface area contributed by atoms with E-state index in [1.807, 2.05) is 0 Å². The maximum atomic E-state index is 12.2. The fourth-order valence-electron chi connectivity index (χ4n) is 3.85. The molecule has 25 heavy (non-hydrogen) atoms. The van der Waals surface area contributed by atoms with Gasteiger partial charge in [-0.1, -0.05) is 30.3 Å². The van der Waals surface area contributed by atoms with Gasteiger partial charge in [0, 0.05) is 37.6 Å². The summed E-state index contributed by atoms with van der Waals surface area (Å²) in [5.41, 5.74) is 1.37. The van der Waals surface area contributed by atoms with Gasteiger partial charge in [-0.3, -0.25) is 9.69 Å². The van der Waals surface area contributed by atoms with Crippen molar-refractivity contribution in [2.24, 2.45) is 0 Å². The standard InChI is InChI=1S/C19H29N3O.2ClH/c1-15-12-18(21-19(23)13-17-8-5-10-20-17)9-11-22(15)14-16-6-3-2-4-7-16;;/h2-4,6-7,15,17-18,20H,5,8-14H2,1H3,(H,21,23);2*1H. The molecular formula is C19H31Cl2N3O. The fraction of sp³-hybridized carbons (Fsp3) is 0.632. The summed E-state index contributed by atoms with van der Waals surface area (Å²) >= 11 is 0. The molecule has 2 fully saturated rings. The first kappa shape index (κ1) is 22.2. The average molecular weight is 388 g/mol. The van der Waals surface area contributed by atoms with E-state index in [1.165, 1.54) is 12.0 Å². The number of amides is 1. The SMILES string of the molecule is CC1CC(NC(=O)CC2CCCN2)CCN1Cc1ccccc1.Cl.Cl. The molecule has 2 aliphatic rings. The van der Waals surface area contributed by atoms with Crippen LogP contribution in [0.5, 0.6) is 0 Å². The summed E-state index contributed by atoms with van der Waals surface area (Å²) in [4.78, 5) is 14.7. The molecule has 3 unspecified atom stereocenters. The van der Waals surface area contributed by atoms with Gasteiger partial charge in [0.1, 0.15) is 0 Å². The molecular weight excluding hydrogens is 357 g/mol. The molecule has 2 saturated heterocycles. The molecule has 3 atom stereocenters. The Bertz CT molecular complexity index is 509. The Morgan fingerprint density at radius 3 is 2.64 bits per heavy atom. The van der Waals surface area contributed by atoms with Crippen LogP contribution < -0.4 is 10.6 Å². The maximum absolute atomic E-state index is 12.2. The van der Waals surface area contributed by atoms with E-state index in [2.05, 4.69) is 52.8 Å². The van der Waals surface area contributed by atoms with Crippen molar-refractivity contribution in [1.29, 1.82) is 0 Å². The van der Waals surface area contributed by atoms with E-state index in [9.17, 15) is 4.79 Å². The Morgan fingerprint density at radius 2 is 2.00 bits per heavy atom. The molecule has 6 heteroatoms. The smallest absolute Gasteiger partial charge is 0.221 e. The van der Waals surface area contributed by atoms with Crippen LogP contribution in [0.2, 0.25) is 0 Å². The van der Waals surface area contributed by atoms with E-state index in [0.717, 1.165) is 38.9 Å². The van der Waals surface area contributed by atoms with E-state index in [0.29, 0.717) is 24.5 Å². The van der Waals surface area contributed by atoms with Gasteiger partial charge in [0.25, 0.3) is 0 Å². The monoisotopic (exact) mass is 387 g/mol. The Morgan fingerprint density at radius 1 is 1.24 bits per heavy atom. The predicted octanol–water partition coefficient (Wildman–Crippen LogP) is 3.14. The molecule has 142 valence electrons. The topological polar surface area (TPSA) is 44.4 Å². The summed E-state index contributed by atoms with van der Waals surface area (Å²) in [6, 6.07) is 11.9. The van der Waals surface area contributed by atoms with Crippen molar-refractivity contribution in [3.63, 3.8) is 0 Å². The van der Waals surface area contributed by atoms with E-state index in [-0.39, 0.29) is 30.7 Å². The van der Waals surface area contributed by atoms with Gasteiger partial charge in [-0.25, -0.2) is 0 Å². The zero-order valence-electron chi connectivity index (χ0n) is 14.9. The van der Waals surface area contributed by atoms with Gasteiger partial charge >= 0.3 is 0 Å². The minimum absolute atomic E-state index is 0. The van der Waals surface area contributed by atoms with Crippen molar-refractivity contribution >= 4 is 30.7 Å². The molecule has 0 radical (unpaired) electrons. The number of nitrogens with one attached hydrogen (secondary N) is 2. The Balaban J connectivity index is 0.00000156. The molecule has 2 N–H and O–H groups in total. The van der Waals surface area contributed by atoms with Crippen molar-refractivity contribution in [2.45, 2.75) is 63.7 Å². The maximum Gasteiger partial charge on any atom is 0.221 e. The van der Waals surface area contributed by atoms with Crippen molar-refractivity contribution in [3.05, 3.63) is 35.9 Å². The van der Waals surface area contributed by atoms with E-state index >= 15 is 0 Å². The number of carbonyl (C=O) groups is 1. The first-order valence-corrected chi connectivity index (χ1v) is 9.01. The summed E-state index contributed by atoms with van der Waals surface area (Å²) in [6.45, 7) is 5.41. The van der Waals surface area contributed by atoms with Crippen LogP contribution in [-0.2, 0) is 11.3 Å². The van der Waals surface area contributed by atoms with Gasteiger partial charge in [0.05, 0.1) is 0 Å². The van der Waals surface area contributed by atoms with Crippen LogP contribution in [0.15, 0.2) is 30.3 Å². The van der Waals surface area contributed by atoms with Crippen LogP contribution in [0.25, 0.3) is 0 Å². The van der Waals surface area contributed by atoms with Crippen molar-refractivity contribution in [1.82, 2.24) is 15.5 Å². The highest BCUT2D eigenvalue weighted by Gasteiger charge is 2.27. The zero-order chi connectivity index (χ0) is 16.1. The first-order valence-electron chi connectivity index (χ1n) is 9.01. The van der Waals surface area contributed by atoms with Crippen LogP contribution in [0, 0.1) is 0 Å². The molecule has 0 saturated carbocycles. The van der Waals surface area contributed by atoms with Gasteiger partial charge in [-0.2, -0.15) is 0 Å². The normalized spacial score (nSPS) is 26.4. The minimum Gasteiger partial charge on any atom is -0.353 e. The second kappa shape index (κ2) is 11.0. The van der Waals surface area contributed by atoms with Gasteiger partial charge in [-0.05, 0) is 44.7 Å². The lowest BCUT2D eigenvalue weighted by atomic mass is 9.97. The second-order valence-corrected chi connectivity index (χ2v) is 7.09. The van der Waals surface area contributed by atoms with Crippen LogP contribution in [0.4, 0.5) is 0 Å². The molecule has 2 heterocycles. The number of hydrogen-bond donors (Lipinski definition) is 2. The lowest BCUT2D eigenvalue weighted by Crippen LogP contribution is -2.49. The molecule has 4 nitrogen and oxygen atoms in total. The molecule has 0 aliphatic carbocycles. The van der Waals surface area contributed by atoms with Crippen LogP contribution >= 0.6 is 24.8 Å². The number of piperidine rings is 1. The van der Waals surface area contributed by atoms with Gasteiger partial charge in [0.2, 0.25) is 5.91 Å². The molecule has 0 aromatic heterocycles. The quantitative estimate of drug-likeness (QED) is 0.815. The number of rotatable bonds is 5. The lowest BCUT2D eigenvalue weighted by molar-refractivity contribution is -0.122.